The SMILES string of the molecule is C[C@H](C(=O)NC1CCCC1)N(Cc1c(Cl)cccc1Cl)C(=O)CN(c1ccc(F)c(F)c1)S(C)(=O)=O. The van der Waals surface area contributed by atoms with Crippen LogP contribution in [0.25, 0.3) is 0 Å². The Morgan fingerprint density at radius 1 is 1.08 bits per heavy atom. The number of nitrogens with zero attached hydrogens (tertiary/aromatic N) is 2. The highest BCUT2D eigenvalue weighted by atomic mass is 35.5. The minimum Gasteiger partial charge on any atom is -0.352 e. The third-order valence-corrected chi connectivity index (χ3v) is 7.98. The molecule has 12 heteroatoms. The number of sulfonamides is 1. The van der Waals surface area contributed by atoms with Crippen LogP contribution in [0, 0.1) is 11.6 Å². The monoisotopic (exact) mass is 561 g/mol. The van der Waals surface area contributed by atoms with Gasteiger partial charge in [-0.05, 0) is 44.0 Å². The van der Waals surface area contributed by atoms with Crippen molar-refractivity contribution in [2.24, 2.45) is 0 Å². The number of hydrogen-bond donors (Lipinski definition) is 1. The van der Waals surface area contributed by atoms with Crippen LogP contribution in [0.3, 0.4) is 0 Å². The lowest BCUT2D eigenvalue weighted by molar-refractivity contribution is -0.139. The Balaban J connectivity index is 1.94. The number of carbonyl (C=O) groups excluding carboxylic acids is 2. The summed E-state index contributed by atoms with van der Waals surface area (Å²) in [4.78, 5) is 27.7. The molecule has 2 aromatic carbocycles. The van der Waals surface area contributed by atoms with Crippen molar-refractivity contribution in [3.8, 4) is 0 Å². The van der Waals surface area contributed by atoms with Gasteiger partial charge in [-0.2, -0.15) is 0 Å². The molecule has 0 spiro atoms. The van der Waals surface area contributed by atoms with E-state index < -0.39 is 46.1 Å². The van der Waals surface area contributed by atoms with E-state index in [1.165, 1.54) is 11.8 Å². The number of rotatable bonds is 9. The quantitative estimate of drug-likeness (QED) is 0.487. The van der Waals surface area contributed by atoms with Gasteiger partial charge in [0.2, 0.25) is 21.8 Å². The van der Waals surface area contributed by atoms with E-state index in [1.807, 2.05) is 0 Å². The van der Waals surface area contributed by atoms with Crippen LogP contribution in [-0.2, 0) is 26.2 Å². The summed E-state index contributed by atoms with van der Waals surface area (Å²) in [6.45, 7) is 0.592. The molecule has 36 heavy (non-hydrogen) atoms. The van der Waals surface area contributed by atoms with E-state index in [9.17, 15) is 26.8 Å². The first-order valence-electron chi connectivity index (χ1n) is 11.3. The molecule has 2 amide bonds. The van der Waals surface area contributed by atoms with Gasteiger partial charge in [-0.15, -0.1) is 0 Å². The first-order valence-corrected chi connectivity index (χ1v) is 13.9. The van der Waals surface area contributed by atoms with E-state index in [1.54, 1.807) is 18.2 Å². The molecule has 196 valence electrons. The minimum absolute atomic E-state index is 0.00416. The highest BCUT2D eigenvalue weighted by Crippen LogP contribution is 2.28. The molecule has 0 radical (unpaired) electrons. The second-order valence-electron chi connectivity index (χ2n) is 8.76. The Hall–Kier alpha value is -2.43. The number of amides is 2. The molecule has 1 aliphatic carbocycles. The van der Waals surface area contributed by atoms with Crippen molar-refractivity contribution < 1.29 is 26.8 Å². The zero-order valence-corrected chi connectivity index (χ0v) is 22.1. The Morgan fingerprint density at radius 3 is 2.25 bits per heavy atom. The summed E-state index contributed by atoms with van der Waals surface area (Å²) in [5.41, 5.74) is 0.150. The van der Waals surface area contributed by atoms with Gasteiger partial charge in [0.15, 0.2) is 11.6 Å². The van der Waals surface area contributed by atoms with E-state index in [0.29, 0.717) is 15.9 Å². The van der Waals surface area contributed by atoms with Crippen molar-refractivity contribution in [3.63, 3.8) is 0 Å². The fraction of sp³-hybridized carbons (Fsp3) is 0.417. The lowest BCUT2D eigenvalue weighted by Gasteiger charge is -2.32. The largest absolute Gasteiger partial charge is 0.352 e. The molecular weight excluding hydrogens is 535 g/mol. The molecule has 2 aromatic rings. The maximum Gasteiger partial charge on any atom is 0.244 e. The molecule has 0 heterocycles. The summed E-state index contributed by atoms with van der Waals surface area (Å²) >= 11 is 12.6. The molecule has 0 saturated heterocycles. The van der Waals surface area contributed by atoms with E-state index in [2.05, 4.69) is 5.32 Å². The number of benzene rings is 2. The molecule has 0 bridgehead atoms. The lowest BCUT2D eigenvalue weighted by Crippen LogP contribution is -2.52. The molecule has 0 aliphatic heterocycles. The van der Waals surface area contributed by atoms with E-state index in [-0.39, 0.29) is 28.3 Å². The topological polar surface area (TPSA) is 86.8 Å². The molecular formula is C24H27Cl2F2N3O4S. The Morgan fingerprint density at radius 2 is 1.69 bits per heavy atom. The number of hydrogen-bond acceptors (Lipinski definition) is 4. The summed E-state index contributed by atoms with van der Waals surface area (Å²) in [5.74, 6) is -3.59. The van der Waals surface area contributed by atoms with Gasteiger partial charge in [-0.1, -0.05) is 42.1 Å². The van der Waals surface area contributed by atoms with Crippen molar-refractivity contribution in [1.82, 2.24) is 10.2 Å². The van der Waals surface area contributed by atoms with Gasteiger partial charge in [-0.25, -0.2) is 17.2 Å². The summed E-state index contributed by atoms with van der Waals surface area (Å²) in [6, 6.07) is 6.30. The van der Waals surface area contributed by atoms with Gasteiger partial charge < -0.3 is 10.2 Å². The number of nitrogens with one attached hydrogen (secondary N) is 1. The molecule has 7 nitrogen and oxygen atoms in total. The molecule has 1 aliphatic rings. The first-order chi connectivity index (χ1) is 16.9. The number of carbonyl (C=O) groups is 2. The van der Waals surface area contributed by atoms with Gasteiger partial charge in [-0.3, -0.25) is 13.9 Å². The van der Waals surface area contributed by atoms with Gasteiger partial charge >= 0.3 is 0 Å². The first kappa shape index (κ1) is 28.1. The lowest BCUT2D eigenvalue weighted by atomic mass is 10.1. The average molecular weight is 562 g/mol. The van der Waals surface area contributed by atoms with Gasteiger partial charge in [0.1, 0.15) is 12.6 Å². The predicted molar refractivity (Wildman–Crippen MR) is 135 cm³/mol. The fourth-order valence-electron chi connectivity index (χ4n) is 4.08. The van der Waals surface area contributed by atoms with Crippen molar-refractivity contribution >= 4 is 50.7 Å². The van der Waals surface area contributed by atoms with Crippen LogP contribution in [-0.4, -0.2) is 50.0 Å². The fourth-order valence-corrected chi connectivity index (χ4v) is 5.44. The third kappa shape index (κ3) is 6.86. The molecule has 1 saturated carbocycles. The second-order valence-corrected chi connectivity index (χ2v) is 11.5. The number of anilines is 1. The van der Waals surface area contributed by atoms with Crippen LogP contribution in [0.2, 0.25) is 10.0 Å². The molecule has 1 N–H and O–H groups in total. The number of halogens is 4. The summed E-state index contributed by atoms with van der Waals surface area (Å²) in [7, 11) is -4.09. The van der Waals surface area contributed by atoms with Crippen LogP contribution in [0.15, 0.2) is 36.4 Å². The Kier molecular flexibility index (Phi) is 9.18. The van der Waals surface area contributed by atoms with Crippen LogP contribution in [0.4, 0.5) is 14.5 Å². The Bertz CT molecular complexity index is 1220. The van der Waals surface area contributed by atoms with Crippen molar-refractivity contribution in [2.75, 3.05) is 17.1 Å². The van der Waals surface area contributed by atoms with Gasteiger partial charge in [0, 0.05) is 34.3 Å². The summed E-state index contributed by atoms with van der Waals surface area (Å²) < 4.78 is 53.0. The minimum atomic E-state index is -4.09. The zero-order valence-electron chi connectivity index (χ0n) is 19.8. The zero-order chi connectivity index (χ0) is 26.6. The van der Waals surface area contributed by atoms with E-state index in [0.717, 1.165) is 44.1 Å². The van der Waals surface area contributed by atoms with E-state index >= 15 is 0 Å². The van der Waals surface area contributed by atoms with Crippen LogP contribution < -0.4 is 9.62 Å². The predicted octanol–water partition coefficient (Wildman–Crippen LogP) is 4.51. The maximum atomic E-state index is 13.9. The van der Waals surface area contributed by atoms with Crippen LogP contribution in [0.1, 0.15) is 38.2 Å². The maximum absolute atomic E-state index is 13.9. The third-order valence-electron chi connectivity index (χ3n) is 6.13. The summed E-state index contributed by atoms with van der Waals surface area (Å²) in [5, 5.41) is 3.47. The highest BCUT2D eigenvalue weighted by Gasteiger charge is 2.32. The molecule has 1 fully saturated rings. The molecule has 3 rings (SSSR count). The van der Waals surface area contributed by atoms with Crippen molar-refractivity contribution in [3.05, 3.63) is 63.6 Å². The summed E-state index contributed by atoms with van der Waals surface area (Å²) in [6.07, 6.45) is 4.50. The second kappa shape index (κ2) is 11.7. The highest BCUT2D eigenvalue weighted by molar-refractivity contribution is 7.92. The Labute approximate surface area is 219 Å². The van der Waals surface area contributed by atoms with Crippen molar-refractivity contribution in [2.45, 2.75) is 51.2 Å². The van der Waals surface area contributed by atoms with Gasteiger partial charge in [0.05, 0.1) is 11.9 Å². The standard InChI is InChI=1S/C24H27Cl2F2N3O4S/c1-15(24(33)29-16-6-3-4-7-16)30(13-18-19(25)8-5-9-20(18)26)23(32)14-31(36(2,34)35)17-10-11-21(27)22(28)12-17/h5,8-12,15-16H,3-4,6-7,13-14H2,1-2H3,(H,29,33)/t15-/m1/s1. The van der Waals surface area contributed by atoms with Crippen LogP contribution >= 0.6 is 23.2 Å². The average Bonchev–Trinajstić information content (AvgIpc) is 3.31. The van der Waals surface area contributed by atoms with Crippen LogP contribution in [0.5, 0.6) is 0 Å². The smallest absolute Gasteiger partial charge is 0.244 e. The normalized spacial score (nSPS) is 14.9. The van der Waals surface area contributed by atoms with Crippen molar-refractivity contribution in [1.29, 1.82) is 0 Å². The molecule has 0 aromatic heterocycles. The molecule has 0 unspecified atom stereocenters. The molecule has 1 atom stereocenters. The van der Waals surface area contributed by atoms with E-state index in [4.69, 9.17) is 23.2 Å². The van der Waals surface area contributed by atoms with Gasteiger partial charge in [0.25, 0.3) is 0 Å².